The first-order valence-corrected chi connectivity index (χ1v) is 6.78. The highest BCUT2D eigenvalue weighted by Crippen LogP contribution is 2.45. The zero-order valence-electron chi connectivity index (χ0n) is 12.2. The summed E-state index contributed by atoms with van der Waals surface area (Å²) < 4.78 is 0. The van der Waals surface area contributed by atoms with Gasteiger partial charge in [-0.25, -0.2) is 4.79 Å². The Hall–Kier alpha value is -1.57. The number of rotatable bonds is 2. The van der Waals surface area contributed by atoms with Gasteiger partial charge in [-0.05, 0) is 46.4 Å². The molecule has 2 heteroatoms. The number of carboxylic acids is 1. The number of benzene rings is 1. The molecule has 0 saturated carbocycles. The molecule has 0 saturated heterocycles. The minimum atomic E-state index is -0.905. The van der Waals surface area contributed by atoms with Crippen LogP contribution in [-0.4, -0.2) is 11.1 Å². The van der Waals surface area contributed by atoms with Gasteiger partial charge in [0.2, 0.25) is 0 Å². The Balaban J connectivity index is 2.50. The molecule has 0 atom stereocenters. The molecule has 0 heterocycles. The van der Waals surface area contributed by atoms with Gasteiger partial charge in [0, 0.05) is 6.08 Å². The van der Waals surface area contributed by atoms with E-state index >= 15 is 0 Å². The van der Waals surface area contributed by atoms with Gasteiger partial charge in [0.1, 0.15) is 0 Å². The van der Waals surface area contributed by atoms with Gasteiger partial charge in [-0.15, -0.1) is 0 Å². The summed E-state index contributed by atoms with van der Waals surface area (Å²) >= 11 is 0. The molecular formula is C17H22O2. The molecule has 0 spiro atoms. The smallest absolute Gasteiger partial charge is 0.328 e. The number of fused-ring (bicyclic) bond motifs is 1. The SMILES string of the molecule is CC1(C)CCC(C)(C)c2cc(/C=C/C(=O)O)ccc21. The zero-order valence-corrected chi connectivity index (χ0v) is 12.2. The van der Waals surface area contributed by atoms with Crippen LogP contribution in [0, 0.1) is 0 Å². The lowest BCUT2D eigenvalue weighted by Crippen LogP contribution is -2.33. The van der Waals surface area contributed by atoms with E-state index in [9.17, 15) is 4.79 Å². The molecule has 2 nitrogen and oxygen atoms in total. The quantitative estimate of drug-likeness (QED) is 0.810. The van der Waals surface area contributed by atoms with Crippen molar-refractivity contribution in [1.29, 1.82) is 0 Å². The summed E-state index contributed by atoms with van der Waals surface area (Å²) in [6, 6.07) is 6.33. The van der Waals surface area contributed by atoms with Crippen LogP contribution in [0.4, 0.5) is 0 Å². The highest BCUT2D eigenvalue weighted by molar-refractivity contribution is 5.85. The Morgan fingerprint density at radius 1 is 1.11 bits per heavy atom. The predicted molar refractivity (Wildman–Crippen MR) is 78.4 cm³/mol. The Labute approximate surface area is 115 Å². The third-order valence-electron chi connectivity index (χ3n) is 4.30. The van der Waals surface area contributed by atoms with Crippen LogP contribution in [0.25, 0.3) is 6.08 Å². The van der Waals surface area contributed by atoms with Crippen molar-refractivity contribution >= 4 is 12.0 Å². The lowest BCUT2D eigenvalue weighted by atomic mass is 9.63. The van der Waals surface area contributed by atoms with E-state index in [-0.39, 0.29) is 10.8 Å². The molecule has 0 aliphatic heterocycles. The Morgan fingerprint density at radius 3 is 2.26 bits per heavy atom. The molecule has 1 aliphatic rings. The molecule has 0 unspecified atom stereocenters. The minimum absolute atomic E-state index is 0.165. The van der Waals surface area contributed by atoms with Gasteiger partial charge in [-0.2, -0.15) is 0 Å². The molecule has 1 aromatic carbocycles. The van der Waals surface area contributed by atoms with Crippen LogP contribution in [0.5, 0.6) is 0 Å². The van der Waals surface area contributed by atoms with Crippen molar-refractivity contribution in [2.45, 2.75) is 51.4 Å². The number of hydrogen-bond acceptors (Lipinski definition) is 1. The van der Waals surface area contributed by atoms with Crippen molar-refractivity contribution in [3.8, 4) is 0 Å². The van der Waals surface area contributed by atoms with Crippen LogP contribution in [0.15, 0.2) is 24.3 Å². The Kier molecular flexibility index (Phi) is 3.29. The highest BCUT2D eigenvalue weighted by atomic mass is 16.4. The van der Waals surface area contributed by atoms with E-state index in [1.165, 1.54) is 30.0 Å². The Morgan fingerprint density at radius 2 is 1.68 bits per heavy atom. The molecule has 1 aromatic rings. The summed E-state index contributed by atoms with van der Waals surface area (Å²) in [6.07, 6.45) is 5.22. The summed E-state index contributed by atoms with van der Waals surface area (Å²) in [7, 11) is 0. The van der Waals surface area contributed by atoms with Crippen molar-refractivity contribution in [2.24, 2.45) is 0 Å². The first-order chi connectivity index (χ1) is 8.72. The van der Waals surface area contributed by atoms with Gasteiger partial charge >= 0.3 is 5.97 Å². The maximum atomic E-state index is 10.6. The largest absolute Gasteiger partial charge is 0.478 e. The van der Waals surface area contributed by atoms with Gasteiger partial charge in [0.05, 0.1) is 0 Å². The summed E-state index contributed by atoms with van der Waals surface area (Å²) in [5, 5.41) is 8.71. The second-order valence-electron chi connectivity index (χ2n) is 6.74. The highest BCUT2D eigenvalue weighted by Gasteiger charge is 2.36. The number of aliphatic carboxylic acids is 1. The number of hydrogen-bond donors (Lipinski definition) is 1. The summed E-state index contributed by atoms with van der Waals surface area (Å²) in [5.41, 5.74) is 4.09. The molecule has 102 valence electrons. The van der Waals surface area contributed by atoms with Crippen molar-refractivity contribution in [2.75, 3.05) is 0 Å². The second-order valence-corrected chi connectivity index (χ2v) is 6.74. The fourth-order valence-electron chi connectivity index (χ4n) is 2.88. The molecule has 19 heavy (non-hydrogen) atoms. The molecule has 0 bridgehead atoms. The fraction of sp³-hybridized carbons (Fsp3) is 0.471. The zero-order chi connectivity index (χ0) is 14.3. The normalized spacial score (nSPS) is 20.2. The van der Waals surface area contributed by atoms with Gasteiger partial charge < -0.3 is 5.11 Å². The number of carboxylic acid groups (broad SMARTS) is 1. The molecule has 0 fully saturated rings. The van der Waals surface area contributed by atoms with Gasteiger partial charge in [-0.3, -0.25) is 0 Å². The summed E-state index contributed by atoms with van der Waals surface area (Å²) in [6.45, 7) is 9.11. The molecule has 2 rings (SSSR count). The van der Waals surface area contributed by atoms with Gasteiger partial charge in [0.15, 0.2) is 0 Å². The third kappa shape index (κ3) is 2.73. The number of carbonyl (C=O) groups is 1. The molecule has 0 radical (unpaired) electrons. The van der Waals surface area contributed by atoms with Crippen LogP contribution in [0.2, 0.25) is 0 Å². The fourth-order valence-corrected chi connectivity index (χ4v) is 2.88. The van der Waals surface area contributed by atoms with E-state index in [0.29, 0.717) is 0 Å². The molecule has 0 aromatic heterocycles. The second kappa shape index (κ2) is 4.52. The molecular weight excluding hydrogens is 236 g/mol. The summed E-state index contributed by atoms with van der Waals surface area (Å²) in [5.74, 6) is -0.905. The third-order valence-corrected chi connectivity index (χ3v) is 4.30. The Bertz CT molecular complexity index is 536. The lowest BCUT2D eigenvalue weighted by Gasteiger charge is -2.42. The van der Waals surface area contributed by atoms with Gasteiger partial charge in [0.25, 0.3) is 0 Å². The predicted octanol–water partition coefficient (Wildman–Crippen LogP) is 4.13. The van der Waals surface area contributed by atoms with Gasteiger partial charge in [-0.1, -0.05) is 45.9 Å². The first kappa shape index (κ1) is 13.9. The van der Waals surface area contributed by atoms with Crippen molar-refractivity contribution in [3.05, 3.63) is 41.0 Å². The van der Waals surface area contributed by atoms with Crippen LogP contribution < -0.4 is 0 Å². The van der Waals surface area contributed by atoms with E-state index in [1.807, 2.05) is 6.07 Å². The van der Waals surface area contributed by atoms with Crippen molar-refractivity contribution in [1.82, 2.24) is 0 Å². The van der Waals surface area contributed by atoms with Crippen LogP contribution in [0.3, 0.4) is 0 Å². The van der Waals surface area contributed by atoms with E-state index in [2.05, 4.69) is 39.8 Å². The van der Waals surface area contributed by atoms with E-state index in [4.69, 9.17) is 5.11 Å². The maximum Gasteiger partial charge on any atom is 0.328 e. The average Bonchev–Trinajstić information content (AvgIpc) is 2.32. The minimum Gasteiger partial charge on any atom is -0.478 e. The molecule has 0 amide bonds. The van der Waals surface area contributed by atoms with E-state index in [0.717, 1.165) is 5.56 Å². The first-order valence-electron chi connectivity index (χ1n) is 6.78. The van der Waals surface area contributed by atoms with Crippen molar-refractivity contribution < 1.29 is 9.90 Å². The van der Waals surface area contributed by atoms with Crippen LogP contribution in [0.1, 0.15) is 57.2 Å². The topological polar surface area (TPSA) is 37.3 Å². The standard InChI is InChI=1S/C17H22O2/c1-16(2)9-10-17(3,4)14-11-12(5-7-13(14)16)6-8-15(18)19/h5-8,11H,9-10H2,1-4H3,(H,18,19)/b8-6+. The van der Waals surface area contributed by atoms with E-state index in [1.54, 1.807) is 6.08 Å². The lowest BCUT2D eigenvalue weighted by molar-refractivity contribution is -0.131. The monoisotopic (exact) mass is 258 g/mol. The average molecular weight is 258 g/mol. The maximum absolute atomic E-state index is 10.6. The van der Waals surface area contributed by atoms with E-state index < -0.39 is 5.97 Å². The molecule has 1 N–H and O–H groups in total. The van der Waals surface area contributed by atoms with Crippen LogP contribution in [-0.2, 0) is 15.6 Å². The van der Waals surface area contributed by atoms with Crippen LogP contribution >= 0.6 is 0 Å². The molecule has 1 aliphatic carbocycles. The van der Waals surface area contributed by atoms with Crippen molar-refractivity contribution in [3.63, 3.8) is 0 Å². The summed E-state index contributed by atoms with van der Waals surface area (Å²) in [4.78, 5) is 10.6.